The number of pyridine rings is 1. The van der Waals surface area contributed by atoms with Gasteiger partial charge in [0, 0.05) is 41.6 Å². The van der Waals surface area contributed by atoms with Gasteiger partial charge >= 0.3 is 0 Å². The molecule has 2 aromatic heterocycles. The fraction of sp³-hybridized carbons (Fsp3) is 0.400. The van der Waals surface area contributed by atoms with Crippen molar-refractivity contribution in [1.82, 2.24) is 9.97 Å². The Morgan fingerprint density at radius 2 is 1.88 bits per heavy atom. The standard InChI is InChI=1S/C25H33N4O2SSi/c1-25(2,3)33(5,6)31-17-20-8-7-13-28(16-20)15-19-9-10-22-21(14-19)29(18-30-4)23-24(32-22)27-12-11-26-23/h7-14,16H,15,17-18H2,1-6H3/q+1. The lowest BCUT2D eigenvalue weighted by Crippen LogP contribution is -2.41. The van der Waals surface area contributed by atoms with E-state index in [2.05, 4.69) is 96.0 Å². The van der Waals surface area contributed by atoms with E-state index in [0.717, 1.165) is 28.0 Å². The highest BCUT2D eigenvalue weighted by Gasteiger charge is 2.37. The first kappa shape index (κ1) is 23.9. The van der Waals surface area contributed by atoms with Gasteiger partial charge in [-0.05, 0) is 36.3 Å². The van der Waals surface area contributed by atoms with Gasteiger partial charge in [-0.2, -0.15) is 0 Å². The molecule has 1 aliphatic rings. The fourth-order valence-corrected chi connectivity index (χ4v) is 5.41. The molecule has 4 rings (SSSR count). The molecule has 8 heteroatoms. The highest BCUT2D eigenvalue weighted by atomic mass is 32.2. The van der Waals surface area contributed by atoms with Crippen LogP contribution < -0.4 is 9.47 Å². The highest BCUT2D eigenvalue weighted by molar-refractivity contribution is 7.99. The third kappa shape index (κ3) is 5.29. The van der Waals surface area contributed by atoms with Crippen molar-refractivity contribution in [2.24, 2.45) is 0 Å². The smallest absolute Gasteiger partial charge is 0.192 e. The average molecular weight is 482 g/mol. The Balaban J connectivity index is 1.53. The van der Waals surface area contributed by atoms with Crippen LogP contribution in [0.5, 0.6) is 0 Å². The van der Waals surface area contributed by atoms with Gasteiger partial charge in [0.1, 0.15) is 11.8 Å². The predicted octanol–water partition coefficient (Wildman–Crippen LogP) is 5.54. The molecule has 0 aliphatic carbocycles. The lowest BCUT2D eigenvalue weighted by atomic mass is 10.1. The van der Waals surface area contributed by atoms with Crippen molar-refractivity contribution in [2.45, 2.75) is 62.0 Å². The van der Waals surface area contributed by atoms with Gasteiger partial charge in [-0.1, -0.05) is 38.6 Å². The maximum atomic E-state index is 6.42. The van der Waals surface area contributed by atoms with E-state index in [0.29, 0.717) is 13.3 Å². The summed E-state index contributed by atoms with van der Waals surface area (Å²) in [4.78, 5) is 12.3. The molecule has 0 N–H and O–H groups in total. The zero-order valence-corrected chi connectivity index (χ0v) is 22.1. The summed E-state index contributed by atoms with van der Waals surface area (Å²) < 4.78 is 14.1. The van der Waals surface area contributed by atoms with E-state index in [-0.39, 0.29) is 5.04 Å². The molecule has 0 radical (unpaired) electrons. The molecule has 6 nitrogen and oxygen atoms in total. The molecular formula is C25H33N4O2SSi+. The van der Waals surface area contributed by atoms with E-state index in [1.165, 1.54) is 11.1 Å². The van der Waals surface area contributed by atoms with E-state index in [1.54, 1.807) is 31.3 Å². The number of methoxy groups -OCH3 is 1. The second kappa shape index (κ2) is 9.54. The average Bonchev–Trinajstić information content (AvgIpc) is 2.77. The zero-order chi connectivity index (χ0) is 23.6. The summed E-state index contributed by atoms with van der Waals surface area (Å²) in [5, 5.41) is 1.11. The Morgan fingerprint density at radius 3 is 2.64 bits per heavy atom. The summed E-state index contributed by atoms with van der Waals surface area (Å²) in [5.74, 6) is 0.839. The number of rotatable bonds is 7. The minimum absolute atomic E-state index is 0.204. The summed E-state index contributed by atoms with van der Waals surface area (Å²) >= 11 is 1.65. The molecular weight excluding hydrogens is 448 g/mol. The Bertz CT molecular complexity index is 1130. The molecule has 0 saturated heterocycles. The summed E-state index contributed by atoms with van der Waals surface area (Å²) in [6, 6.07) is 10.8. The van der Waals surface area contributed by atoms with Crippen LogP contribution in [0.1, 0.15) is 31.9 Å². The molecule has 0 fully saturated rings. The molecule has 1 aliphatic heterocycles. The van der Waals surface area contributed by atoms with Crippen molar-refractivity contribution < 1.29 is 13.7 Å². The molecule has 1 aromatic carbocycles. The molecule has 0 atom stereocenters. The summed E-state index contributed by atoms with van der Waals surface area (Å²) in [7, 11) is -0.0774. The second-order valence-corrected chi connectivity index (χ2v) is 15.7. The van der Waals surface area contributed by atoms with Gasteiger partial charge in [0.25, 0.3) is 0 Å². The van der Waals surface area contributed by atoms with Crippen molar-refractivity contribution in [3.63, 3.8) is 0 Å². The molecule has 3 aromatic rings. The molecule has 0 saturated carbocycles. The van der Waals surface area contributed by atoms with Crippen LogP contribution in [0.15, 0.2) is 65.0 Å². The lowest BCUT2D eigenvalue weighted by Gasteiger charge is -2.36. The second-order valence-electron chi connectivity index (χ2n) is 9.87. The first-order chi connectivity index (χ1) is 15.7. The predicted molar refractivity (Wildman–Crippen MR) is 134 cm³/mol. The number of nitrogens with zero attached hydrogens (tertiary/aromatic N) is 4. The Hall–Kier alpha value is -2.26. The molecule has 33 heavy (non-hydrogen) atoms. The fourth-order valence-electron chi connectivity index (χ4n) is 3.46. The van der Waals surface area contributed by atoms with Gasteiger partial charge in [0.2, 0.25) is 0 Å². The molecule has 0 spiro atoms. The minimum atomic E-state index is -1.78. The minimum Gasteiger partial charge on any atom is -0.412 e. The van der Waals surface area contributed by atoms with E-state index in [1.807, 2.05) is 0 Å². The normalized spacial score (nSPS) is 13.6. The van der Waals surface area contributed by atoms with Gasteiger partial charge in [-0.3, -0.25) is 4.90 Å². The zero-order valence-electron chi connectivity index (χ0n) is 20.3. The van der Waals surface area contributed by atoms with E-state index in [4.69, 9.17) is 9.16 Å². The van der Waals surface area contributed by atoms with Crippen LogP contribution >= 0.6 is 11.8 Å². The maximum absolute atomic E-state index is 6.42. The SMILES string of the molecule is COCN1c2cc(C[n+]3cccc(CO[Si](C)(C)C(C)(C)C)c3)ccc2Sc2nccnc21. The summed E-state index contributed by atoms with van der Waals surface area (Å²) in [5.41, 5.74) is 3.52. The van der Waals surface area contributed by atoms with Gasteiger partial charge in [-0.25, -0.2) is 14.5 Å². The largest absolute Gasteiger partial charge is 0.412 e. The highest BCUT2D eigenvalue weighted by Crippen LogP contribution is 2.46. The number of benzene rings is 1. The van der Waals surface area contributed by atoms with Crippen LogP contribution in [-0.2, 0) is 22.3 Å². The molecule has 174 valence electrons. The number of ether oxygens (including phenoxy) is 1. The third-order valence-corrected chi connectivity index (χ3v) is 11.9. The van der Waals surface area contributed by atoms with Crippen LogP contribution in [-0.4, -0.2) is 32.1 Å². The Kier molecular flexibility index (Phi) is 6.90. The van der Waals surface area contributed by atoms with Crippen molar-refractivity contribution in [1.29, 1.82) is 0 Å². The molecule has 3 heterocycles. The quantitative estimate of drug-likeness (QED) is 0.326. The van der Waals surface area contributed by atoms with E-state index in [9.17, 15) is 0 Å². The Labute approximate surface area is 202 Å². The van der Waals surface area contributed by atoms with Crippen LogP contribution in [0.2, 0.25) is 18.1 Å². The number of hydrogen-bond acceptors (Lipinski definition) is 6. The Morgan fingerprint density at radius 1 is 1.09 bits per heavy atom. The van der Waals surface area contributed by atoms with Crippen LogP contribution in [0.25, 0.3) is 0 Å². The van der Waals surface area contributed by atoms with Gasteiger partial charge < -0.3 is 9.16 Å². The van der Waals surface area contributed by atoms with Gasteiger partial charge in [0.15, 0.2) is 33.1 Å². The first-order valence-corrected chi connectivity index (χ1v) is 14.9. The monoisotopic (exact) mass is 481 g/mol. The number of aromatic nitrogens is 3. The molecule has 0 unspecified atom stereocenters. The van der Waals surface area contributed by atoms with E-state index >= 15 is 0 Å². The van der Waals surface area contributed by atoms with Crippen molar-refractivity contribution in [3.8, 4) is 0 Å². The molecule has 0 bridgehead atoms. The first-order valence-electron chi connectivity index (χ1n) is 11.2. The van der Waals surface area contributed by atoms with E-state index < -0.39 is 8.32 Å². The molecule has 0 amide bonds. The summed E-state index contributed by atoms with van der Waals surface area (Å²) in [6.45, 7) is 13.3. The van der Waals surface area contributed by atoms with Crippen LogP contribution in [0.3, 0.4) is 0 Å². The van der Waals surface area contributed by atoms with Crippen LogP contribution in [0, 0.1) is 0 Å². The van der Waals surface area contributed by atoms with Crippen molar-refractivity contribution >= 4 is 31.6 Å². The topological polar surface area (TPSA) is 51.4 Å². The van der Waals surface area contributed by atoms with Gasteiger partial charge in [0.05, 0.1) is 12.3 Å². The number of hydrogen-bond donors (Lipinski definition) is 0. The summed E-state index contributed by atoms with van der Waals surface area (Å²) in [6.07, 6.45) is 7.76. The van der Waals surface area contributed by atoms with Gasteiger partial charge in [-0.15, -0.1) is 0 Å². The lowest BCUT2D eigenvalue weighted by molar-refractivity contribution is -0.688. The maximum Gasteiger partial charge on any atom is 0.192 e. The third-order valence-electron chi connectivity index (χ3n) is 6.37. The van der Waals surface area contributed by atoms with Crippen molar-refractivity contribution in [3.05, 3.63) is 66.2 Å². The van der Waals surface area contributed by atoms with Crippen LogP contribution in [0.4, 0.5) is 11.5 Å². The number of anilines is 2. The number of fused-ring (bicyclic) bond motifs is 2. The van der Waals surface area contributed by atoms with Crippen molar-refractivity contribution in [2.75, 3.05) is 18.7 Å².